The van der Waals surface area contributed by atoms with Crippen LogP contribution in [0.5, 0.6) is 28.7 Å². The summed E-state index contributed by atoms with van der Waals surface area (Å²) in [5, 5.41) is 45.2. The Bertz CT molecular complexity index is 1270. The number of aliphatic hydroxyl groups excluding tert-OH is 1. The first-order valence-corrected chi connectivity index (χ1v) is 14.3. The van der Waals surface area contributed by atoms with Crippen molar-refractivity contribution < 1.29 is 34.7 Å². The third-order valence-electron chi connectivity index (χ3n) is 7.71. The number of piperidine rings is 1. The lowest BCUT2D eigenvalue weighted by atomic mass is 9.86. The SMILES string of the molecule is COc1cc(CCC(=O)C[C@H](O)C[C@H](CCc2ccccc2)c2cc(O)c(O)c(OC3CCNCC3)c2)ccc1O. The van der Waals surface area contributed by atoms with E-state index in [0.717, 1.165) is 49.0 Å². The van der Waals surface area contributed by atoms with Gasteiger partial charge in [-0.15, -0.1) is 0 Å². The molecule has 0 spiro atoms. The van der Waals surface area contributed by atoms with E-state index in [-0.39, 0.29) is 53.6 Å². The fourth-order valence-electron chi connectivity index (χ4n) is 5.38. The summed E-state index contributed by atoms with van der Waals surface area (Å²) in [5.74, 6) is -0.134. The Labute approximate surface area is 241 Å². The molecule has 1 saturated heterocycles. The fourth-order valence-corrected chi connectivity index (χ4v) is 5.38. The van der Waals surface area contributed by atoms with Crippen LogP contribution < -0.4 is 14.8 Å². The molecule has 2 atom stereocenters. The molecule has 1 heterocycles. The summed E-state index contributed by atoms with van der Waals surface area (Å²) in [4.78, 5) is 12.8. The quantitative estimate of drug-likeness (QED) is 0.173. The van der Waals surface area contributed by atoms with Crippen molar-refractivity contribution in [3.8, 4) is 28.7 Å². The molecule has 0 unspecified atom stereocenters. The lowest BCUT2D eigenvalue weighted by Crippen LogP contribution is -2.34. The molecule has 1 aliphatic heterocycles. The second-order valence-electron chi connectivity index (χ2n) is 10.8. The molecule has 41 heavy (non-hydrogen) atoms. The number of hydrogen-bond acceptors (Lipinski definition) is 8. The van der Waals surface area contributed by atoms with Crippen molar-refractivity contribution in [2.45, 2.75) is 69.5 Å². The highest BCUT2D eigenvalue weighted by molar-refractivity contribution is 5.79. The highest BCUT2D eigenvalue weighted by atomic mass is 16.5. The van der Waals surface area contributed by atoms with Crippen molar-refractivity contribution >= 4 is 5.78 Å². The van der Waals surface area contributed by atoms with E-state index in [1.54, 1.807) is 24.3 Å². The van der Waals surface area contributed by atoms with Crippen molar-refractivity contribution in [2.75, 3.05) is 20.2 Å². The Kier molecular flexibility index (Phi) is 10.9. The zero-order valence-corrected chi connectivity index (χ0v) is 23.6. The molecule has 3 aromatic rings. The molecule has 4 rings (SSSR count). The van der Waals surface area contributed by atoms with Crippen molar-refractivity contribution in [3.63, 3.8) is 0 Å². The third kappa shape index (κ3) is 8.87. The van der Waals surface area contributed by atoms with Gasteiger partial charge in [-0.3, -0.25) is 4.79 Å². The number of benzene rings is 3. The van der Waals surface area contributed by atoms with Gasteiger partial charge in [0.25, 0.3) is 0 Å². The molecular formula is C33H41NO7. The number of carbonyl (C=O) groups is 1. The zero-order valence-electron chi connectivity index (χ0n) is 23.6. The number of methoxy groups -OCH3 is 1. The van der Waals surface area contributed by atoms with Crippen molar-refractivity contribution in [3.05, 3.63) is 77.4 Å². The van der Waals surface area contributed by atoms with E-state index >= 15 is 0 Å². The van der Waals surface area contributed by atoms with Gasteiger partial charge in [0.15, 0.2) is 23.0 Å². The van der Waals surface area contributed by atoms with Crippen LogP contribution in [0.15, 0.2) is 60.7 Å². The molecular weight excluding hydrogens is 522 g/mol. The first kappa shape index (κ1) is 30.2. The van der Waals surface area contributed by atoms with E-state index in [0.29, 0.717) is 25.0 Å². The Hall–Kier alpha value is -3.75. The number of phenolic OH excluding ortho intramolecular Hbond substituents is 3. The van der Waals surface area contributed by atoms with Gasteiger partial charge < -0.3 is 35.2 Å². The van der Waals surface area contributed by atoms with Crippen LogP contribution in [0.4, 0.5) is 0 Å². The topological polar surface area (TPSA) is 128 Å². The lowest BCUT2D eigenvalue weighted by molar-refractivity contribution is -0.121. The summed E-state index contributed by atoms with van der Waals surface area (Å²) < 4.78 is 11.2. The second kappa shape index (κ2) is 14.8. The van der Waals surface area contributed by atoms with Crippen molar-refractivity contribution in [1.29, 1.82) is 0 Å². The summed E-state index contributed by atoms with van der Waals surface area (Å²) >= 11 is 0. The first-order chi connectivity index (χ1) is 19.8. The molecule has 5 N–H and O–H groups in total. The maximum atomic E-state index is 12.8. The van der Waals surface area contributed by atoms with E-state index in [1.165, 1.54) is 13.2 Å². The summed E-state index contributed by atoms with van der Waals surface area (Å²) in [6.45, 7) is 1.66. The number of aryl methyl sites for hydroxylation is 2. The molecule has 0 saturated carbocycles. The van der Waals surface area contributed by atoms with E-state index in [9.17, 15) is 25.2 Å². The van der Waals surface area contributed by atoms with Crippen LogP contribution in [0.3, 0.4) is 0 Å². The predicted molar refractivity (Wildman–Crippen MR) is 157 cm³/mol. The minimum absolute atomic E-state index is 0.0134. The molecule has 0 bridgehead atoms. The molecule has 1 fully saturated rings. The van der Waals surface area contributed by atoms with Crippen LogP contribution in [0.25, 0.3) is 0 Å². The van der Waals surface area contributed by atoms with Crippen molar-refractivity contribution in [2.24, 2.45) is 0 Å². The van der Waals surface area contributed by atoms with E-state index in [1.807, 2.05) is 18.2 Å². The molecule has 3 aromatic carbocycles. The number of rotatable bonds is 14. The lowest BCUT2D eigenvalue weighted by Gasteiger charge is -2.26. The van der Waals surface area contributed by atoms with Crippen LogP contribution in [-0.4, -0.2) is 58.6 Å². The van der Waals surface area contributed by atoms with E-state index in [4.69, 9.17) is 9.47 Å². The molecule has 0 aromatic heterocycles. The van der Waals surface area contributed by atoms with Gasteiger partial charge in [0, 0.05) is 12.8 Å². The minimum atomic E-state index is -0.873. The second-order valence-corrected chi connectivity index (χ2v) is 10.8. The van der Waals surface area contributed by atoms with Crippen LogP contribution in [0.1, 0.15) is 61.1 Å². The third-order valence-corrected chi connectivity index (χ3v) is 7.71. The Morgan fingerprint density at radius 3 is 2.41 bits per heavy atom. The first-order valence-electron chi connectivity index (χ1n) is 14.3. The van der Waals surface area contributed by atoms with Crippen molar-refractivity contribution in [1.82, 2.24) is 5.32 Å². The summed E-state index contributed by atoms with van der Waals surface area (Å²) in [5.41, 5.74) is 2.77. The summed E-state index contributed by atoms with van der Waals surface area (Å²) in [7, 11) is 1.48. The zero-order chi connectivity index (χ0) is 29.2. The van der Waals surface area contributed by atoms with Gasteiger partial charge in [-0.2, -0.15) is 0 Å². The summed E-state index contributed by atoms with van der Waals surface area (Å²) in [6, 6.07) is 18.3. The Morgan fingerprint density at radius 1 is 0.927 bits per heavy atom. The number of Topliss-reactive ketones (excluding diaryl/α,β-unsaturated/α-hetero) is 1. The van der Waals surface area contributed by atoms with Crippen LogP contribution in [0.2, 0.25) is 0 Å². The monoisotopic (exact) mass is 563 g/mol. The van der Waals surface area contributed by atoms with Gasteiger partial charge in [0.1, 0.15) is 11.9 Å². The number of phenols is 3. The van der Waals surface area contributed by atoms with Gasteiger partial charge in [0.2, 0.25) is 5.75 Å². The highest BCUT2D eigenvalue weighted by Crippen LogP contribution is 2.41. The normalized spacial score (nSPS) is 15.3. The number of aliphatic hydroxyl groups is 1. The number of aromatic hydroxyl groups is 3. The van der Waals surface area contributed by atoms with Crippen LogP contribution in [-0.2, 0) is 17.6 Å². The van der Waals surface area contributed by atoms with Crippen LogP contribution >= 0.6 is 0 Å². The molecule has 0 aliphatic carbocycles. The van der Waals surface area contributed by atoms with Gasteiger partial charge in [-0.25, -0.2) is 0 Å². The maximum Gasteiger partial charge on any atom is 0.200 e. The molecule has 220 valence electrons. The van der Waals surface area contributed by atoms with Gasteiger partial charge in [-0.1, -0.05) is 36.4 Å². The Morgan fingerprint density at radius 2 is 1.68 bits per heavy atom. The van der Waals surface area contributed by atoms with Crippen LogP contribution in [0, 0.1) is 0 Å². The summed E-state index contributed by atoms with van der Waals surface area (Å²) in [6.07, 6.45) is 3.18. The molecule has 8 nitrogen and oxygen atoms in total. The van der Waals surface area contributed by atoms with E-state index < -0.39 is 6.10 Å². The number of ketones is 1. The fraction of sp³-hybridized carbons (Fsp3) is 0.424. The number of carbonyl (C=O) groups excluding carboxylic acids is 1. The minimum Gasteiger partial charge on any atom is -0.504 e. The molecule has 0 amide bonds. The van der Waals surface area contributed by atoms with Gasteiger partial charge >= 0.3 is 0 Å². The van der Waals surface area contributed by atoms with Gasteiger partial charge in [-0.05, 0) is 98.5 Å². The van der Waals surface area contributed by atoms with E-state index in [2.05, 4.69) is 17.4 Å². The average Bonchev–Trinajstić information content (AvgIpc) is 2.98. The smallest absolute Gasteiger partial charge is 0.200 e. The number of hydrogen-bond donors (Lipinski definition) is 5. The predicted octanol–water partition coefficient (Wildman–Crippen LogP) is 5.00. The number of ether oxygens (including phenoxy) is 2. The standard InChI is InChI=1S/C33H41NO7/c1-40-31-17-23(9-12-29(31)37)8-11-26(35)21-27(36)18-24(10-7-22-5-3-2-4-6-22)25-19-30(38)33(39)32(20-25)41-28-13-15-34-16-14-28/h2-6,9,12,17,19-20,24,27-28,34,36-39H,7-8,10-11,13-16,18,21H2,1H3/t24-,27+/m0/s1. The number of nitrogens with one attached hydrogen (secondary N) is 1. The molecule has 8 heteroatoms. The largest absolute Gasteiger partial charge is 0.504 e. The average molecular weight is 564 g/mol. The molecule has 1 aliphatic rings. The Balaban J connectivity index is 1.44. The highest BCUT2D eigenvalue weighted by Gasteiger charge is 2.24. The maximum absolute atomic E-state index is 12.8. The molecule has 0 radical (unpaired) electrons. The van der Waals surface area contributed by atoms with Gasteiger partial charge in [0.05, 0.1) is 13.2 Å².